The van der Waals surface area contributed by atoms with E-state index in [-0.39, 0.29) is 5.97 Å². The number of ether oxygens (including phenoxy) is 1. The quantitative estimate of drug-likeness (QED) is 0.484. The number of carbonyl (C=O) groups is 1. The van der Waals surface area contributed by atoms with Gasteiger partial charge in [-0.05, 0) is 31.6 Å². The summed E-state index contributed by atoms with van der Waals surface area (Å²) in [7, 11) is 0. The Balaban J connectivity index is 2.39. The fourth-order valence-corrected chi connectivity index (χ4v) is 1.80. The van der Waals surface area contributed by atoms with Crippen LogP contribution in [0.1, 0.15) is 33.6 Å². The molecular formula is C11H18O2. The van der Waals surface area contributed by atoms with Crippen LogP contribution in [0.3, 0.4) is 0 Å². The largest absolute Gasteiger partial charge is 0.466 e. The maximum atomic E-state index is 10.6. The van der Waals surface area contributed by atoms with E-state index in [4.69, 9.17) is 4.74 Å². The van der Waals surface area contributed by atoms with Crippen LogP contribution in [0.5, 0.6) is 0 Å². The van der Waals surface area contributed by atoms with Gasteiger partial charge in [0.1, 0.15) is 0 Å². The third kappa shape index (κ3) is 3.21. The lowest BCUT2D eigenvalue weighted by Crippen LogP contribution is -2.22. The Hall–Kier alpha value is -0.790. The summed E-state index contributed by atoms with van der Waals surface area (Å²) in [5.41, 5.74) is 1.46. The summed E-state index contributed by atoms with van der Waals surface area (Å²) in [6.07, 6.45) is 4.46. The van der Waals surface area contributed by atoms with Crippen molar-refractivity contribution in [3.05, 3.63) is 11.6 Å². The van der Waals surface area contributed by atoms with Crippen molar-refractivity contribution in [1.29, 1.82) is 0 Å². The summed E-state index contributed by atoms with van der Waals surface area (Å²) in [6.45, 7) is 6.44. The first-order valence-electron chi connectivity index (χ1n) is 4.88. The number of allylic oxidation sites excluding steroid dienone is 2. The second-order valence-electron chi connectivity index (χ2n) is 4.03. The molecule has 2 nitrogen and oxygen atoms in total. The molecule has 1 aliphatic rings. The molecule has 0 aliphatic heterocycles. The van der Waals surface area contributed by atoms with E-state index in [1.165, 1.54) is 12.5 Å². The number of rotatable bonds is 2. The highest BCUT2D eigenvalue weighted by Gasteiger charge is 2.21. The lowest BCUT2D eigenvalue weighted by Gasteiger charge is -2.26. The Morgan fingerprint density at radius 1 is 1.69 bits per heavy atom. The topological polar surface area (TPSA) is 26.3 Å². The van der Waals surface area contributed by atoms with Gasteiger partial charge in [0.25, 0.3) is 0 Å². The van der Waals surface area contributed by atoms with E-state index in [1.807, 2.05) is 0 Å². The lowest BCUT2D eigenvalue weighted by molar-refractivity contribution is -0.142. The monoisotopic (exact) mass is 182 g/mol. The van der Waals surface area contributed by atoms with Crippen LogP contribution in [-0.2, 0) is 9.53 Å². The maximum Gasteiger partial charge on any atom is 0.302 e. The molecule has 0 bridgehead atoms. The molecular weight excluding hydrogens is 164 g/mol. The smallest absolute Gasteiger partial charge is 0.302 e. The van der Waals surface area contributed by atoms with Crippen molar-refractivity contribution in [2.24, 2.45) is 11.8 Å². The van der Waals surface area contributed by atoms with Crippen molar-refractivity contribution in [3.63, 3.8) is 0 Å². The van der Waals surface area contributed by atoms with E-state index in [0.717, 1.165) is 12.8 Å². The number of hydrogen-bond acceptors (Lipinski definition) is 2. The summed E-state index contributed by atoms with van der Waals surface area (Å²) in [5.74, 6) is 0.996. The molecule has 1 rings (SSSR count). The minimum atomic E-state index is -0.168. The highest BCUT2D eigenvalue weighted by Crippen LogP contribution is 2.29. The second kappa shape index (κ2) is 4.45. The van der Waals surface area contributed by atoms with Crippen LogP contribution in [0, 0.1) is 11.8 Å². The molecule has 0 saturated heterocycles. The van der Waals surface area contributed by atoms with Crippen molar-refractivity contribution in [2.75, 3.05) is 6.61 Å². The Labute approximate surface area is 80.0 Å². The first-order chi connectivity index (χ1) is 6.09. The van der Waals surface area contributed by atoms with Gasteiger partial charge in [0.2, 0.25) is 0 Å². The van der Waals surface area contributed by atoms with Gasteiger partial charge in [-0.2, -0.15) is 0 Å². The van der Waals surface area contributed by atoms with E-state index in [9.17, 15) is 4.79 Å². The van der Waals surface area contributed by atoms with Crippen molar-refractivity contribution in [3.8, 4) is 0 Å². The fourth-order valence-electron chi connectivity index (χ4n) is 1.80. The molecule has 1 aliphatic carbocycles. The second-order valence-corrected chi connectivity index (χ2v) is 4.03. The normalized spacial score (nSPS) is 28.1. The lowest BCUT2D eigenvalue weighted by atomic mass is 9.82. The Kier molecular flexibility index (Phi) is 3.52. The SMILES string of the molecule is CC(=O)OC[C@@H]1CC=C(C)C[C@@H]1C. The van der Waals surface area contributed by atoms with Crippen molar-refractivity contribution in [1.82, 2.24) is 0 Å². The molecule has 0 radical (unpaired) electrons. The van der Waals surface area contributed by atoms with Gasteiger partial charge in [-0.15, -0.1) is 0 Å². The van der Waals surface area contributed by atoms with Gasteiger partial charge < -0.3 is 4.74 Å². The average Bonchev–Trinajstić information content (AvgIpc) is 2.02. The summed E-state index contributed by atoms with van der Waals surface area (Å²) in [6, 6.07) is 0. The standard InChI is InChI=1S/C11H18O2/c1-8-4-5-11(9(2)6-8)7-13-10(3)12/h4,9,11H,5-7H2,1-3H3/t9-,11-/m0/s1. The van der Waals surface area contributed by atoms with Crippen molar-refractivity contribution >= 4 is 5.97 Å². The van der Waals surface area contributed by atoms with Crippen LogP contribution < -0.4 is 0 Å². The zero-order valence-electron chi connectivity index (χ0n) is 8.67. The molecule has 2 atom stereocenters. The van der Waals surface area contributed by atoms with E-state index in [1.54, 1.807) is 0 Å². The van der Waals surface area contributed by atoms with Crippen LogP contribution >= 0.6 is 0 Å². The number of hydrogen-bond donors (Lipinski definition) is 0. The van der Waals surface area contributed by atoms with E-state index >= 15 is 0 Å². The Bertz CT molecular complexity index is 218. The van der Waals surface area contributed by atoms with Gasteiger partial charge in [0.05, 0.1) is 6.61 Å². The highest BCUT2D eigenvalue weighted by molar-refractivity contribution is 5.65. The van der Waals surface area contributed by atoms with Crippen LogP contribution in [0.4, 0.5) is 0 Å². The van der Waals surface area contributed by atoms with Gasteiger partial charge in [0, 0.05) is 6.92 Å². The fraction of sp³-hybridized carbons (Fsp3) is 0.727. The highest BCUT2D eigenvalue weighted by atomic mass is 16.5. The zero-order valence-corrected chi connectivity index (χ0v) is 8.67. The molecule has 0 N–H and O–H groups in total. The molecule has 2 heteroatoms. The molecule has 74 valence electrons. The minimum Gasteiger partial charge on any atom is -0.466 e. The van der Waals surface area contributed by atoms with Crippen molar-refractivity contribution in [2.45, 2.75) is 33.6 Å². The Morgan fingerprint density at radius 3 is 2.92 bits per heavy atom. The molecule has 0 aromatic carbocycles. The zero-order chi connectivity index (χ0) is 9.84. The number of esters is 1. The molecule has 0 fully saturated rings. The van der Waals surface area contributed by atoms with Gasteiger partial charge >= 0.3 is 5.97 Å². The van der Waals surface area contributed by atoms with Gasteiger partial charge in [-0.1, -0.05) is 18.6 Å². The van der Waals surface area contributed by atoms with Gasteiger partial charge in [-0.3, -0.25) is 4.79 Å². The molecule has 0 aromatic heterocycles. The summed E-state index contributed by atoms with van der Waals surface area (Å²) in [4.78, 5) is 10.6. The predicted molar refractivity (Wildman–Crippen MR) is 52.3 cm³/mol. The van der Waals surface area contributed by atoms with E-state index < -0.39 is 0 Å². The van der Waals surface area contributed by atoms with Crippen molar-refractivity contribution < 1.29 is 9.53 Å². The molecule has 13 heavy (non-hydrogen) atoms. The van der Waals surface area contributed by atoms with Crippen LogP contribution in [0.2, 0.25) is 0 Å². The molecule has 0 amide bonds. The predicted octanol–water partition coefficient (Wildman–Crippen LogP) is 2.54. The third-order valence-corrected chi connectivity index (χ3v) is 2.72. The minimum absolute atomic E-state index is 0.168. The van der Waals surface area contributed by atoms with Gasteiger partial charge in [-0.25, -0.2) is 0 Å². The third-order valence-electron chi connectivity index (χ3n) is 2.72. The van der Waals surface area contributed by atoms with E-state index in [2.05, 4.69) is 19.9 Å². The van der Waals surface area contributed by atoms with Crippen LogP contribution in [-0.4, -0.2) is 12.6 Å². The number of carbonyl (C=O) groups excluding carboxylic acids is 1. The molecule has 0 heterocycles. The maximum absolute atomic E-state index is 10.6. The van der Waals surface area contributed by atoms with Crippen LogP contribution in [0.25, 0.3) is 0 Å². The van der Waals surface area contributed by atoms with E-state index in [0.29, 0.717) is 18.4 Å². The summed E-state index contributed by atoms with van der Waals surface area (Å²) in [5, 5.41) is 0. The first-order valence-corrected chi connectivity index (χ1v) is 4.88. The molecule has 0 spiro atoms. The summed E-state index contributed by atoms with van der Waals surface area (Å²) >= 11 is 0. The molecule has 0 saturated carbocycles. The Morgan fingerprint density at radius 2 is 2.38 bits per heavy atom. The average molecular weight is 182 g/mol. The first kappa shape index (κ1) is 10.3. The molecule has 0 unspecified atom stereocenters. The van der Waals surface area contributed by atoms with Crippen LogP contribution in [0.15, 0.2) is 11.6 Å². The molecule has 0 aromatic rings. The van der Waals surface area contributed by atoms with Gasteiger partial charge in [0.15, 0.2) is 0 Å². The summed E-state index contributed by atoms with van der Waals surface area (Å²) < 4.78 is 5.02.